The van der Waals surface area contributed by atoms with Crippen molar-refractivity contribution in [1.82, 2.24) is 14.8 Å². The molecule has 180 valence electrons. The number of imide groups is 1. The van der Waals surface area contributed by atoms with Gasteiger partial charge in [-0.05, 0) is 55.6 Å². The molecule has 34 heavy (non-hydrogen) atoms. The van der Waals surface area contributed by atoms with Crippen molar-refractivity contribution in [3.05, 3.63) is 23.5 Å². The van der Waals surface area contributed by atoms with Gasteiger partial charge in [-0.15, -0.1) is 0 Å². The molecule has 9 nitrogen and oxygen atoms in total. The molecule has 0 N–H and O–H groups in total. The highest BCUT2D eigenvalue weighted by molar-refractivity contribution is 6.22. The quantitative estimate of drug-likeness (QED) is 0.631. The molecule has 2 bridgehead atoms. The number of hydrogen-bond acceptors (Lipinski definition) is 6. The highest BCUT2D eigenvalue weighted by Gasteiger charge is 2.63. The van der Waals surface area contributed by atoms with Gasteiger partial charge in [-0.2, -0.15) is 5.26 Å². The van der Waals surface area contributed by atoms with Crippen LogP contribution in [-0.2, 0) is 9.53 Å². The summed E-state index contributed by atoms with van der Waals surface area (Å²) in [5.74, 6) is 0.879. The molecule has 3 saturated heterocycles. The molecule has 6 atom stereocenters. The Morgan fingerprint density at radius 2 is 2.03 bits per heavy atom. The first-order chi connectivity index (χ1) is 16.2. The number of pyridine rings is 1. The molecule has 5 rings (SSSR count). The Kier molecular flexibility index (Phi) is 5.50. The van der Waals surface area contributed by atoms with Crippen LogP contribution in [0.4, 0.5) is 15.3 Å². The molecular weight excluding hydrogens is 434 g/mol. The SMILES string of the molecule is Cc1cc(N2C(=O)[C@@H]3C4CC(N(C(=O)O[C@H]5C[C@@H](C)CC[C@@H]5C(C)C)C4)N3C2=O)cnc1C#N. The molecule has 0 aromatic carbocycles. The van der Waals surface area contributed by atoms with E-state index in [1.165, 1.54) is 11.1 Å². The minimum atomic E-state index is -0.574. The number of anilines is 1. The van der Waals surface area contributed by atoms with E-state index in [9.17, 15) is 14.4 Å². The number of fused-ring (bicyclic) bond motifs is 5. The average molecular weight is 466 g/mol. The van der Waals surface area contributed by atoms with E-state index in [1.54, 1.807) is 17.9 Å². The van der Waals surface area contributed by atoms with E-state index >= 15 is 0 Å². The summed E-state index contributed by atoms with van der Waals surface area (Å²) in [5, 5.41) is 9.13. The van der Waals surface area contributed by atoms with Gasteiger partial charge in [0.15, 0.2) is 0 Å². The van der Waals surface area contributed by atoms with Crippen molar-refractivity contribution in [1.29, 1.82) is 5.26 Å². The van der Waals surface area contributed by atoms with Gasteiger partial charge in [0.2, 0.25) is 0 Å². The lowest BCUT2D eigenvalue weighted by molar-refractivity contribution is -0.121. The Labute approximate surface area is 199 Å². The second-order valence-electron chi connectivity index (χ2n) is 10.7. The van der Waals surface area contributed by atoms with Crippen LogP contribution in [0.15, 0.2) is 12.3 Å². The van der Waals surface area contributed by atoms with E-state index in [0.717, 1.165) is 24.2 Å². The number of likely N-dealkylation sites (tertiary alicyclic amines) is 1. The number of carbonyl (C=O) groups is 3. The maximum Gasteiger partial charge on any atom is 0.411 e. The zero-order valence-corrected chi connectivity index (χ0v) is 20.1. The van der Waals surface area contributed by atoms with Crippen LogP contribution in [-0.4, -0.2) is 57.7 Å². The molecule has 2 unspecified atom stereocenters. The van der Waals surface area contributed by atoms with Gasteiger partial charge in [0.1, 0.15) is 30.1 Å². The van der Waals surface area contributed by atoms with Gasteiger partial charge in [-0.3, -0.25) is 14.6 Å². The van der Waals surface area contributed by atoms with Crippen LogP contribution in [0, 0.1) is 41.9 Å². The predicted octanol–water partition coefficient (Wildman–Crippen LogP) is 3.66. The fourth-order valence-corrected chi connectivity index (χ4v) is 6.34. The number of nitriles is 1. The van der Waals surface area contributed by atoms with Gasteiger partial charge in [0.25, 0.3) is 5.91 Å². The number of ether oxygens (including phenoxy) is 1. The largest absolute Gasteiger partial charge is 0.446 e. The van der Waals surface area contributed by atoms with Gasteiger partial charge in [-0.25, -0.2) is 19.5 Å². The lowest BCUT2D eigenvalue weighted by Gasteiger charge is -2.40. The van der Waals surface area contributed by atoms with Gasteiger partial charge in [-0.1, -0.05) is 27.2 Å². The van der Waals surface area contributed by atoms with Crippen molar-refractivity contribution in [2.75, 3.05) is 11.4 Å². The number of rotatable bonds is 3. The van der Waals surface area contributed by atoms with Crippen molar-refractivity contribution in [2.45, 2.75) is 71.7 Å². The molecule has 4 fully saturated rings. The number of nitrogens with zero attached hydrogens (tertiary/aromatic N) is 5. The molecule has 1 aromatic heterocycles. The van der Waals surface area contributed by atoms with Gasteiger partial charge in [0.05, 0.1) is 11.9 Å². The Balaban J connectivity index is 1.34. The maximum atomic E-state index is 13.4. The zero-order chi connectivity index (χ0) is 24.3. The predicted molar refractivity (Wildman–Crippen MR) is 122 cm³/mol. The summed E-state index contributed by atoms with van der Waals surface area (Å²) >= 11 is 0. The van der Waals surface area contributed by atoms with Crippen LogP contribution < -0.4 is 4.90 Å². The van der Waals surface area contributed by atoms with E-state index in [2.05, 4.69) is 25.8 Å². The molecule has 1 aliphatic carbocycles. The van der Waals surface area contributed by atoms with Crippen molar-refractivity contribution in [2.24, 2.45) is 23.7 Å². The Morgan fingerprint density at radius 1 is 1.26 bits per heavy atom. The van der Waals surface area contributed by atoms with Crippen molar-refractivity contribution < 1.29 is 19.1 Å². The number of amides is 4. The van der Waals surface area contributed by atoms with Crippen LogP contribution in [0.25, 0.3) is 0 Å². The molecule has 0 spiro atoms. The van der Waals surface area contributed by atoms with E-state index in [1.807, 2.05) is 6.07 Å². The van der Waals surface area contributed by atoms with Crippen LogP contribution in [0.1, 0.15) is 57.7 Å². The van der Waals surface area contributed by atoms with E-state index in [0.29, 0.717) is 42.0 Å². The van der Waals surface area contributed by atoms with Crippen LogP contribution in [0.5, 0.6) is 0 Å². The molecule has 1 aromatic rings. The van der Waals surface area contributed by atoms with Crippen molar-refractivity contribution >= 4 is 23.7 Å². The molecular formula is C25H31N5O4. The third-order valence-corrected chi connectivity index (χ3v) is 8.13. The Hall–Kier alpha value is -3.15. The first-order valence-corrected chi connectivity index (χ1v) is 12.2. The van der Waals surface area contributed by atoms with Gasteiger partial charge < -0.3 is 4.74 Å². The van der Waals surface area contributed by atoms with Crippen LogP contribution >= 0.6 is 0 Å². The summed E-state index contributed by atoms with van der Waals surface area (Å²) in [6.45, 7) is 8.68. The highest BCUT2D eigenvalue weighted by atomic mass is 16.6. The lowest BCUT2D eigenvalue weighted by Crippen LogP contribution is -2.55. The van der Waals surface area contributed by atoms with Crippen LogP contribution in [0.2, 0.25) is 0 Å². The highest BCUT2D eigenvalue weighted by Crippen LogP contribution is 2.45. The molecule has 3 aliphatic heterocycles. The van der Waals surface area contributed by atoms with Crippen molar-refractivity contribution in [3.63, 3.8) is 0 Å². The molecule has 1 saturated carbocycles. The first kappa shape index (κ1) is 22.6. The van der Waals surface area contributed by atoms with E-state index < -0.39 is 18.2 Å². The molecule has 0 radical (unpaired) electrons. The summed E-state index contributed by atoms with van der Waals surface area (Å²) in [6.07, 6.45) is 4.05. The second kappa shape index (κ2) is 8.26. The third kappa shape index (κ3) is 3.42. The normalized spacial score (nSPS) is 32.4. The Bertz CT molecular complexity index is 1080. The maximum absolute atomic E-state index is 13.4. The average Bonchev–Trinajstić information content (AvgIpc) is 3.45. The fourth-order valence-electron chi connectivity index (χ4n) is 6.34. The molecule has 9 heteroatoms. The second-order valence-corrected chi connectivity index (χ2v) is 10.7. The summed E-state index contributed by atoms with van der Waals surface area (Å²) in [4.78, 5) is 48.2. The van der Waals surface area contributed by atoms with Crippen LogP contribution in [0.3, 0.4) is 0 Å². The smallest absolute Gasteiger partial charge is 0.411 e. The number of aromatic nitrogens is 1. The fraction of sp³-hybridized carbons (Fsp3) is 0.640. The number of aryl methyl sites for hydroxylation is 1. The lowest BCUT2D eigenvalue weighted by atomic mass is 9.75. The number of carbonyl (C=O) groups excluding carboxylic acids is 3. The number of urea groups is 1. The summed E-state index contributed by atoms with van der Waals surface area (Å²) in [5.41, 5.74) is 1.21. The van der Waals surface area contributed by atoms with Crippen molar-refractivity contribution in [3.8, 4) is 6.07 Å². The van der Waals surface area contributed by atoms with E-state index in [-0.39, 0.29) is 29.7 Å². The molecule has 4 aliphatic rings. The van der Waals surface area contributed by atoms with Gasteiger partial charge >= 0.3 is 12.1 Å². The summed E-state index contributed by atoms with van der Waals surface area (Å²) < 4.78 is 6.05. The number of hydrogen-bond donors (Lipinski definition) is 0. The molecule has 4 heterocycles. The third-order valence-electron chi connectivity index (χ3n) is 8.13. The monoisotopic (exact) mass is 465 g/mol. The summed E-state index contributed by atoms with van der Waals surface area (Å²) in [6, 6.07) is 2.61. The Morgan fingerprint density at radius 3 is 2.71 bits per heavy atom. The summed E-state index contributed by atoms with van der Waals surface area (Å²) in [7, 11) is 0. The van der Waals surface area contributed by atoms with E-state index in [4.69, 9.17) is 10.00 Å². The van der Waals surface area contributed by atoms with Gasteiger partial charge in [0, 0.05) is 12.5 Å². The molecule has 4 amide bonds. The minimum Gasteiger partial charge on any atom is -0.446 e. The standard InChI is InChI=1S/C25H31N5O4/c1-13(2)18-6-5-14(3)7-20(18)34-25(33)28-12-16-9-21(28)30-22(16)23(31)29(24(30)32)17-8-15(4)19(10-26)27-11-17/h8,11,13-14,16,18,20-22H,5-7,9,12H2,1-4H3/t14-,16?,18+,20-,21?,22-/m0/s1. The zero-order valence-electron chi connectivity index (χ0n) is 20.1. The topological polar surface area (TPSA) is 107 Å². The first-order valence-electron chi connectivity index (χ1n) is 12.2. The minimum absolute atomic E-state index is 0.113.